The first-order valence-corrected chi connectivity index (χ1v) is 9.84. The van der Waals surface area contributed by atoms with Crippen LogP contribution in [0.2, 0.25) is 0 Å². The largest absolute Gasteiger partial charge is 0.459 e. The predicted molar refractivity (Wildman–Crippen MR) is 112 cm³/mol. The van der Waals surface area contributed by atoms with Crippen LogP contribution in [-0.2, 0) is 14.3 Å². The van der Waals surface area contributed by atoms with Gasteiger partial charge < -0.3 is 14.8 Å². The molecule has 2 unspecified atom stereocenters. The molecule has 0 heterocycles. The fourth-order valence-electron chi connectivity index (χ4n) is 3.05. The van der Waals surface area contributed by atoms with Crippen LogP contribution in [0.25, 0.3) is 5.57 Å². The van der Waals surface area contributed by atoms with Crippen molar-refractivity contribution in [2.75, 3.05) is 0 Å². The number of alkyl halides is 1. The van der Waals surface area contributed by atoms with Crippen molar-refractivity contribution in [2.45, 2.75) is 38.3 Å². The second-order valence-corrected chi connectivity index (χ2v) is 7.32. The molecule has 0 saturated heterocycles. The number of rotatable bonds is 7. The molecule has 1 N–H and O–H groups in total. The first kappa shape index (κ1) is 22.2. The van der Waals surface area contributed by atoms with E-state index >= 15 is 4.39 Å². The van der Waals surface area contributed by atoms with E-state index in [4.69, 9.17) is 9.47 Å². The molecule has 2 aromatic carbocycles. The van der Waals surface area contributed by atoms with Crippen molar-refractivity contribution in [2.24, 2.45) is 0 Å². The second-order valence-electron chi connectivity index (χ2n) is 7.32. The maximum atomic E-state index is 15.6. The number of esters is 1. The molecule has 3 rings (SSSR count). The summed E-state index contributed by atoms with van der Waals surface area (Å²) in [6, 6.07) is 17.0. The fourth-order valence-corrected chi connectivity index (χ4v) is 3.05. The predicted octanol–water partition coefficient (Wildman–Crippen LogP) is 4.51. The van der Waals surface area contributed by atoms with Gasteiger partial charge >= 0.3 is 5.97 Å². The SMILES string of the molecule is CC(C)OC(=O)C(NC(=O)C1(F)CC(c2ccccc2)=CC=C1F)Oc1ccccc1. The van der Waals surface area contributed by atoms with Crippen LogP contribution in [0, 0.1) is 0 Å². The lowest BCUT2D eigenvalue weighted by atomic mass is 9.86. The van der Waals surface area contributed by atoms with Crippen LogP contribution in [0.4, 0.5) is 8.78 Å². The number of hydrogen-bond donors (Lipinski definition) is 1. The van der Waals surface area contributed by atoms with Crippen LogP contribution in [0.1, 0.15) is 25.8 Å². The molecular weight excluding hydrogens is 404 g/mol. The highest BCUT2D eigenvalue weighted by atomic mass is 19.2. The molecule has 0 radical (unpaired) electrons. The second kappa shape index (κ2) is 9.55. The Bertz CT molecular complexity index is 989. The van der Waals surface area contributed by atoms with Gasteiger partial charge in [0.2, 0.25) is 5.67 Å². The third-order valence-corrected chi connectivity index (χ3v) is 4.57. The first-order chi connectivity index (χ1) is 14.8. The van der Waals surface area contributed by atoms with E-state index in [2.05, 4.69) is 5.32 Å². The molecule has 2 atom stereocenters. The quantitative estimate of drug-likeness (QED) is 0.522. The van der Waals surface area contributed by atoms with Gasteiger partial charge in [0.1, 0.15) is 11.6 Å². The zero-order valence-electron chi connectivity index (χ0n) is 17.2. The van der Waals surface area contributed by atoms with E-state index in [-0.39, 0.29) is 5.75 Å². The van der Waals surface area contributed by atoms with Crippen molar-refractivity contribution in [3.05, 3.63) is 84.2 Å². The fraction of sp³-hybridized carbons (Fsp3) is 0.250. The summed E-state index contributed by atoms with van der Waals surface area (Å²) < 4.78 is 40.7. The summed E-state index contributed by atoms with van der Waals surface area (Å²) in [5.74, 6) is -3.24. The lowest BCUT2D eigenvalue weighted by molar-refractivity contribution is -0.160. The maximum Gasteiger partial charge on any atom is 0.369 e. The van der Waals surface area contributed by atoms with Gasteiger partial charge in [0.05, 0.1) is 6.10 Å². The lowest BCUT2D eigenvalue weighted by Crippen LogP contribution is -2.54. The highest BCUT2D eigenvalue weighted by Crippen LogP contribution is 2.38. The van der Waals surface area contributed by atoms with Crippen LogP contribution < -0.4 is 10.1 Å². The summed E-state index contributed by atoms with van der Waals surface area (Å²) in [7, 11) is 0. The number of amides is 1. The average Bonchev–Trinajstić information content (AvgIpc) is 2.76. The highest BCUT2D eigenvalue weighted by molar-refractivity contribution is 5.94. The van der Waals surface area contributed by atoms with E-state index in [0.29, 0.717) is 11.1 Å². The number of hydrogen-bond acceptors (Lipinski definition) is 4. The molecule has 0 bridgehead atoms. The molecule has 1 amide bonds. The normalized spacial score (nSPS) is 19.1. The molecule has 7 heteroatoms. The number of benzene rings is 2. The monoisotopic (exact) mass is 427 g/mol. The number of nitrogens with one attached hydrogen (secondary N) is 1. The minimum absolute atomic E-state index is 0.256. The Morgan fingerprint density at radius 2 is 1.61 bits per heavy atom. The Hall–Kier alpha value is -3.48. The first-order valence-electron chi connectivity index (χ1n) is 9.84. The number of allylic oxidation sites excluding steroid dienone is 3. The molecule has 0 spiro atoms. The third kappa shape index (κ3) is 5.36. The number of para-hydroxylation sites is 1. The van der Waals surface area contributed by atoms with Gasteiger partial charge in [0, 0.05) is 6.42 Å². The molecule has 31 heavy (non-hydrogen) atoms. The minimum atomic E-state index is -2.99. The van der Waals surface area contributed by atoms with Crippen LogP contribution in [0.15, 0.2) is 78.6 Å². The number of carbonyl (C=O) groups is 2. The van der Waals surface area contributed by atoms with Crippen LogP contribution in [-0.4, -0.2) is 29.9 Å². The molecule has 0 aromatic heterocycles. The van der Waals surface area contributed by atoms with E-state index in [1.165, 1.54) is 6.08 Å². The Morgan fingerprint density at radius 3 is 2.23 bits per heavy atom. The van der Waals surface area contributed by atoms with Crippen molar-refractivity contribution in [1.29, 1.82) is 0 Å². The smallest absolute Gasteiger partial charge is 0.369 e. The zero-order valence-corrected chi connectivity index (χ0v) is 17.2. The minimum Gasteiger partial charge on any atom is -0.459 e. The van der Waals surface area contributed by atoms with Gasteiger partial charge in [-0.3, -0.25) is 4.79 Å². The summed E-state index contributed by atoms with van der Waals surface area (Å²) in [5.41, 5.74) is -1.88. The van der Waals surface area contributed by atoms with E-state index in [9.17, 15) is 14.0 Å². The van der Waals surface area contributed by atoms with Gasteiger partial charge in [-0.25, -0.2) is 13.6 Å². The average molecular weight is 427 g/mol. The summed E-state index contributed by atoms with van der Waals surface area (Å²) in [6.07, 6.45) is -0.318. The summed E-state index contributed by atoms with van der Waals surface area (Å²) in [6.45, 7) is 3.24. The van der Waals surface area contributed by atoms with Crippen molar-refractivity contribution < 1.29 is 27.8 Å². The van der Waals surface area contributed by atoms with Crippen molar-refractivity contribution in [3.8, 4) is 5.75 Å². The Labute approximate surface area is 179 Å². The summed E-state index contributed by atoms with van der Waals surface area (Å²) >= 11 is 0. The summed E-state index contributed by atoms with van der Waals surface area (Å²) in [4.78, 5) is 25.3. The zero-order chi connectivity index (χ0) is 22.4. The van der Waals surface area contributed by atoms with Crippen LogP contribution in [0.5, 0.6) is 5.75 Å². The van der Waals surface area contributed by atoms with Crippen molar-refractivity contribution in [1.82, 2.24) is 5.32 Å². The van der Waals surface area contributed by atoms with E-state index < -0.39 is 42.1 Å². The molecule has 2 aromatic rings. The molecule has 0 fully saturated rings. The molecule has 1 aliphatic rings. The summed E-state index contributed by atoms with van der Waals surface area (Å²) in [5, 5.41) is 2.16. The third-order valence-electron chi connectivity index (χ3n) is 4.57. The van der Waals surface area contributed by atoms with Crippen LogP contribution >= 0.6 is 0 Å². The van der Waals surface area contributed by atoms with Gasteiger partial charge in [0.15, 0.2) is 0 Å². The van der Waals surface area contributed by atoms with Gasteiger partial charge in [0.25, 0.3) is 12.1 Å². The van der Waals surface area contributed by atoms with E-state index in [1.54, 1.807) is 74.5 Å². The highest BCUT2D eigenvalue weighted by Gasteiger charge is 2.47. The molecule has 5 nitrogen and oxygen atoms in total. The van der Waals surface area contributed by atoms with Gasteiger partial charge in [-0.1, -0.05) is 54.6 Å². The van der Waals surface area contributed by atoms with Gasteiger partial charge in [-0.05, 0) is 43.2 Å². The van der Waals surface area contributed by atoms with Gasteiger partial charge in [-0.15, -0.1) is 0 Å². The Morgan fingerprint density at radius 1 is 1.00 bits per heavy atom. The molecule has 0 aliphatic heterocycles. The Balaban J connectivity index is 1.82. The van der Waals surface area contributed by atoms with E-state index in [0.717, 1.165) is 6.08 Å². The standard InChI is InChI=1S/C24H23F2NO4/c1-16(2)30-22(28)21(31-19-11-7-4-8-12-19)27-23(29)24(26)15-18(13-14-20(24)25)17-9-5-3-6-10-17/h3-14,16,21H,15H2,1-2H3,(H,27,29). The molecule has 162 valence electrons. The van der Waals surface area contributed by atoms with Gasteiger partial charge in [-0.2, -0.15) is 0 Å². The number of halogens is 2. The topological polar surface area (TPSA) is 64.6 Å². The van der Waals surface area contributed by atoms with E-state index in [1.807, 2.05) is 0 Å². The molecule has 0 saturated carbocycles. The van der Waals surface area contributed by atoms with Crippen molar-refractivity contribution >= 4 is 17.4 Å². The molecule has 1 aliphatic carbocycles. The molecular formula is C24H23F2NO4. The number of carbonyl (C=O) groups excluding carboxylic acids is 2. The van der Waals surface area contributed by atoms with Crippen molar-refractivity contribution in [3.63, 3.8) is 0 Å². The maximum absolute atomic E-state index is 15.6. The lowest BCUT2D eigenvalue weighted by Gasteiger charge is -2.29. The number of ether oxygens (including phenoxy) is 2. The Kier molecular flexibility index (Phi) is 6.84. The van der Waals surface area contributed by atoms with Crippen LogP contribution in [0.3, 0.4) is 0 Å².